The van der Waals surface area contributed by atoms with Gasteiger partial charge in [-0.1, -0.05) is 13.3 Å². The van der Waals surface area contributed by atoms with Crippen molar-refractivity contribution in [2.75, 3.05) is 6.67 Å². The van der Waals surface area contributed by atoms with Gasteiger partial charge in [0.1, 0.15) is 0 Å². The molecule has 2 nitrogen and oxygen atoms in total. The lowest BCUT2D eigenvalue weighted by Crippen LogP contribution is -2.31. The second kappa shape index (κ2) is 5.06. The Kier molecular flexibility index (Phi) is 5.01. The summed E-state index contributed by atoms with van der Waals surface area (Å²) < 4.78 is 0. The van der Waals surface area contributed by atoms with Gasteiger partial charge in [-0.2, -0.15) is 0 Å². The largest absolute Gasteiger partial charge is 0.318 e. The van der Waals surface area contributed by atoms with E-state index in [2.05, 4.69) is 19.2 Å². The van der Waals surface area contributed by atoms with Crippen molar-refractivity contribution in [3.63, 3.8) is 0 Å². The van der Waals surface area contributed by atoms with Gasteiger partial charge in [0.25, 0.3) is 0 Å². The van der Waals surface area contributed by atoms with E-state index in [4.69, 9.17) is 5.73 Å². The van der Waals surface area contributed by atoms with Gasteiger partial charge in [0, 0.05) is 12.7 Å². The minimum absolute atomic E-state index is 0.588. The van der Waals surface area contributed by atoms with Gasteiger partial charge in [-0.3, -0.25) is 0 Å². The SMILES string of the molecule is CCCC(C)NCN. The number of rotatable bonds is 4. The smallest absolute Gasteiger partial charge is 0.0430 e. The first-order valence-corrected chi connectivity index (χ1v) is 3.24. The molecule has 0 aromatic carbocycles. The van der Waals surface area contributed by atoms with Crippen molar-refractivity contribution < 1.29 is 0 Å². The van der Waals surface area contributed by atoms with Gasteiger partial charge in [0.15, 0.2) is 0 Å². The molecule has 0 amide bonds. The van der Waals surface area contributed by atoms with E-state index >= 15 is 0 Å². The molecule has 0 saturated heterocycles. The van der Waals surface area contributed by atoms with Crippen LogP contribution in [0.1, 0.15) is 26.7 Å². The molecular weight excluding hydrogens is 100 g/mol. The van der Waals surface area contributed by atoms with E-state index in [1.54, 1.807) is 0 Å². The van der Waals surface area contributed by atoms with E-state index in [1.165, 1.54) is 12.8 Å². The second-order valence-electron chi connectivity index (χ2n) is 2.10. The second-order valence-corrected chi connectivity index (χ2v) is 2.10. The van der Waals surface area contributed by atoms with Crippen molar-refractivity contribution in [3.8, 4) is 0 Å². The molecule has 0 fully saturated rings. The van der Waals surface area contributed by atoms with Crippen molar-refractivity contribution in [1.82, 2.24) is 5.32 Å². The molecule has 50 valence electrons. The van der Waals surface area contributed by atoms with Crippen LogP contribution in [-0.4, -0.2) is 12.7 Å². The minimum atomic E-state index is 0.588. The van der Waals surface area contributed by atoms with Gasteiger partial charge in [-0.25, -0.2) is 0 Å². The molecule has 1 unspecified atom stereocenters. The maximum absolute atomic E-state index is 5.25. The Morgan fingerprint density at radius 2 is 2.25 bits per heavy atom. The Morgan fingerprint density at radius 1 is 1.62 bits per heavy atom. The van der Waals surface area contributed by atoms with Gasteiger partial charge < -0.3 is 11.1 Å². The maximum Gasteiger partial charge on any atom is 0.0430 e. The van der Waals surface area contributed by atoms with Gasteiger partial charge >= 0.3 is 0 Å². The van der Waals surface area contributed by atoms with Crippen LogP contribution in [0.5, 0.6) is 0 Å². The summed E-state index contributed by atoms with van der Waals surface area (Å²) in [5.41, 5.74) is 5.25. The van der Waals surface area contributed by atoms with Crippen LogP contribution in [-0.2, 0) is 0 Å². The minimum Gasteiger partial charge on any atom is -0.318 e. The summed E-state index contributed by atoms with van der Waals surface area (Å²) in [5, 5.41) is 3.12. The van der Waals surface area contributed by atoms with Crippen molar-refractivity contribution >= 4 is 0 Å². The summed E-state index contributed by atoms with van der Waals surface area (Å²) in [4.78, 5) is 0. The van der Waals surface area contributed by atoms with Gasteiger partial charge in [0.2, 0.25) is 0 Å². The van der Waals surface area contributed by atoms with Crippen molar-refractivity contribution in [3.05, 3.63) is 0 Å². The van der Waals surface area contributed by atoms with Crippen molar-refractivity contribution in [1.29, 1.82) is 0 Å². The molecule has 0 radical (unpaired) electrons. The molecule has 0 bridgehead atoms. The van der Waals surface area contributed by atoms with Crippen molar-refractivity contribution in [2.24, 2.45) is 5.73 Å². The summed E-state index contributed by atoms with van der Waals surface area (Å²) in [6, 6.07) is 0.588. The summed E-state index contributed by atoms with van der Waals surface area (Å²) in [5.74, 6) is 0. The van der Waals surface area contributed by atoms with E-state index in [0.717, 1.165) is 0 Å². The first-order valence-electron chi connectivity index (χ1n) is 3.24. The van der Waals surface area contributed by atoms with Crippen LogP contribution in [0, 0.1) is 0 Å². The van der Waals surface area contributed by atoms with Crippen LogP contribution in [0.4, 0.5) is 0 Å². The monoisotopic (exact) mass is 116 g/mol. The molecule has 0 aliphatic rings. The first-order chi connectivity index (χ1) is 3.81. The fourth-order valence-electron chi connectivity index (χ4n) is 0.736. The molecule has 2 heteroatoms. The lowest BCUT2D eigenvalue weighted by Gasteiger charge is -2.08. The average Bonchev–Trinajstić information content (AvgIpc) is 1.68. The van der Waals surface area contributed by atoms with E-state index < -0.39 is 0 Å². The number of nitrogens with one attached hydrogen (secondary N) is 1. The molecule has 1 atom stereocenters. The van der Waals surface area contributed by atoms with Gasteiger partial charge in [-0.15, -0.1) is 0 Å². The lowest BCUT2D eigenvalue weighted by atomic mass is 10.2. The molecule has 0 saturated carbocycles. The summed E-state index contributed by atoms with van der Waals surface area (Å²) in [6.07, 6.45) is 2.45. The van der Waals surface area contributed by atoms with Crippen LogP contribution in [0.25, 0.3) is 0 Å². The highest BCUT2D eigenvalue weighted by Gasteiger charge is 1.93. The predicted octanol–water partition coefficient (Wildman–Crippen LogP) is 0.681. The van der Waals surface area contributed by atoms with Crippen molar-refractivity contribution in [2.45, 2.75) is 32.7 Å². The van der Waals surface area contributed by atoms with Crippen LogP contribution >= 0.6 is 0 Å². The third-order valence-electron chi connectivity index (χ3n) is 1.19. The number of hydrogen-bond donors (Lipinski definition) is 2. The average molecular weight is 116 g/mol. The van der Waals surface area contributed by atoms with Gasteiger partial charge in [-0.05, 0) is 13.3 Å². The number of hydrogen-bond acceptors (Lipinski definition) is 2. The number of nitrogens with two attached hydrogens (primary N) is 1. The molecule has 3 N–H and O–H groups in total. The summed E-state index contributed by atoms with van der Waals surface area (Å²) in [6.45, 7) is 4.92. The van der Waals surface area contributed by atoms with Crippen LogP contribution < -0.4 is 11.1 Å². The predicted molar refractivity (Wildman–Crippen MR) is 36.6 cm³/mol. The van der Waals surface area contributed by atoms with E-state index in [-0.39, 0.29) is 0 Å². The molecule has 0 spiro atoms. The molecule has 0 aliphatic carbocycles. The fourth-order valence-corrected chi connectivity index (χ4v) is 0.736. The van der Waals surface area contributed by atoms with Crippen LogP contribution in [0.2, 0.25) is 0 Å². The maximum atomic E-state index is 5.25. The first kappa shape index (κ1) is 7.92. The zero-order valence-corrected chi connectivity index (χ0v) is 5.78. The fraction of sp³-hybridized carbons (Fsp3) is 1.00. The quantitative estimate of drug-likeness (QED) is 0.530. The summed E-state index contributed by atoms with van der Waals surface area (Å²) >= 11 is 0. The van der Waals surface area contributed by atoms with E-state index in [1.807, 2.05) is 0 Å². The molecule has 0 aliphatic heterocycles. The van der Waals surface area contributed by atoms with Crippen LogP contribution in [0.3, 0.4) is 0 Å². The normalized spacial score (nSPS) is 13.9. The van der Waals surface area contributed by atoms with Gasteiger partial charge in [0.05, 0.1) is 0 Å². The Balaban J connectivity index is 2.92. The standard InChI is InChI=1S/C6H16N2/c1-3-4-6(2)8-5-7/h6,8H,3-5,7H2,1-2H3. The molecule has 0 aromatic rings. The third-order valence-corrected chi connectivity index (χ3v) is 1.19. The topological polar surface area (TPSA) is 38.0 Å². The Labute approximate surface area is 51.5 Å². The Hall–Kier alpha value is -0.0800. The third kappa shape index (κ3) is 4.09. The zero-order valence-electron chi connectivity index (χ0n) is 5.78. The molecular formula is C6H16N2. The highest BCUT2D eigenvalue weighted by molar-refractivity contribution is 4.55. The molecule has 0 aromatic heterocycles. The highest BCUT2D eigenvalue weighted by Crippen LogP contribution is 1.92. The molecule has 8 heavy (non-hydrogen) atoms. The zero-order chi connectivity index (χ0) is 6.41. The Morgan fingerprint density at radius 3 is 2.62 bits per heavy atom. The van der Waals surface area contributed by atoms with E-state index in [0.29, 0.717) is 12.7 Å². The van der Waals surface area contributed by atoms with E-state index in [9.17, 15) is 0 Å². The summed E-state index contributed by atoms with van der Waals surface area (Å²) in [7, 11) is 0. The molecule has 0 heterocycles. The van der Waals surface area contributed by atoms with Crippen LogP contribution in [0.15, 0.2) is 0 Å². The highest BCUT2D eigenvalue weighted by atomic mass is 15.0. The lowest BCUT2D eigenvalue weighted by molar-refractivity contribution is 0.518. The Bertz CT molecular complexity index is 39.8. The molecule has 0 rings (SSSR count).